The number of amides is 1. The maximum atomic E-state index is 12.6. The van der Waals surface area contributed by atoms with Crippen molar-refractivity contribution >= 4 is 28.6 Å². The quantitative estimate of drug-likeness (QED) is 0.522. The van der Waals surface area contributed by atoms with Crippen LogP contribution in [0.4, 0.5) is 10.5 Å². The first-order valence-electron chi connectivity index (χ1n) is 12.9. The molecule has 190 valence electrons. The topological polar surface area (TPSA) is 84.7 Å². The molecule has 1 aliphatic heterocycles. The molecule has 2 aliphatic rings. The molecular formula is C29H35N3O4. The Kier molecular flexibility index (Phi) is 6.37. The van der Waals surface area contributed by atoms with Crippen LogP contribution in [0.2, 0.25) is 0 Å². The third-order valence-electron chi connectivity index (χ3n) is 8.18. The maximum Gasteiger partial charge on any atom is 0.414 e. The molecule has 1 aromatic heterocycles. The number of Topliss-reactive ketones (excluding diaryl/α,β-unsaturated/α-hetero) is 1. The number of carbonyl (C=O) groups excluding carboxylic acids is 2. The lowest BCUT2D eigenvalue weighted by Crippen LogP contribution is -2.42. The van der Waals surface area contributed by atoms with Crippen LogP contribution in [-0.4, -0.2) is 39.7 Å². The Labute approximate surface area is 212 Å². The number of aromatic nitrogens is 2. The highest BCUT2D eigenvalue weighted by molar-refractivity contribution is 5.95. The summed E-state index contributed by atoms with van der Waals surface area (Å²) in [7, 11) is 1.40. The van der Waals surface area contributed by atoms with Gasteiger partial charge in [0, 0.05) is 23.6 Å². The number of carbonyl (C=O) groups is 2. The van der Waals surface area contributed by atoms with E-state index in [9.17, 15) is 14.7 Å². The number of ketones is 1. The van der Waals surface area contributed by atoms with Crippen molar-refractivity contribution < 1.29 is 19.4 Å². The van der Waals surface area contributed by atoms with Crippen LogP contribution in [0.3, 0.4) is 0 Å². The number of aryl methyl sites for hydroxylation is 1. The molecule has 0 bridgehead atoms. The van der Waals surface area contributed by atoms with Gasteiger partial charge in [-0.1, -0.05) is 36.8 Å². The molecule has 0 saturated heterocycles. The Bertz CT molecular complexity index is 1300. The van der Waals surface area contributed by atoms with Gasteiger partial charge >= 0.3 is 6.09 Å². The molecule has 1 saturated carbocycles. The zero-order valence-electron chi connectivity index (χ0n) is 21.5. The van der Waals surface area contributed by atoms with Crippen LogP contribution in [0.15, 0.2) is 42.5 Å². The van der Waals surface area contributed by atoms with Gasteiger partial charge in [0.05, 0.1) is 23.8 Å². The van der Waals surface area contributed by atoms with Crippen molar-refractivity contribution in [3.05, 3.63) is 59.4 Å². The zero-order valence-corrected chi connectivity index (χ0v) is 21.5. The first kappa shape index (κ1) is 24.5. The lowest BCUT2D eigenvalue weighted by Gasteiger charge is -2.34. The van der Waals surface area contributed by atoms with E-state index in [1.54, 1.807) is 18.7 Å². The number of imidazole rings is 1. The van der Waals surface area contributed by atoms with Gasteiger partial charge in [-0.05, 0) is 70.6 Å². The van der Waals surface area contributed by atoms with E-state index in [0.29, 0.717) is 5.82 Å². The van der Waals surface area contributed by atoms with Crippen LogP contribution in [0.1, 0.15) is 75.9 Å². The SMILES string of the molecule is COC(=O)N1c2ccc3c(nc([C@](C)(O)c4ccccc4)n3[C@@H]3CCC[C@@H](C(C)=O)C3)c2CC[C@@H]1C. The number of methoxy groups -OCH3 is 1. The Morgan fingerprint density at radius 2 is 1.86 bits per heavy atom. The number of nitrogens with zero attached hydrogens (tertiary/aromatic N) is 3. The van der Waals surface area contributed by atoms with Gasteiger partial charge in [-0.3, -0.25) is 9.69 Å². The first-order valence-corrected chi connectivity index (χ1v) is 12.9. The standard InChI is InChI=1S/C29H35N3O4/c1-18-13-14-23-24(31(18)28(34)36-4)15-16-25-26(23)30-27(29(3,35)21-10-6-5-7-11-21)32(25)22-12-8-9-20(17-22)19(2)33/h5-7,10-11,15-16,18,20,22,35H,8-9,12-14,17H2,1-4H3/t18-,20+,22+,29+/m0/s1. The second-order valence-electron chi connectivity index (χ2n) is 10.5. The van der Waals surface area contributed by atoms with Crippen molar-refractivity contribution in [1.82, 2.24) is 9.55 Å². The van der Waals surface area contributed by atoms with Crippen LogP contribution >= 0.6 is 0 Å². The number of benzene rings is 2. The minimum absolute atomic E-state index is 0.0176. The van der Waals surface area contributed by atoms with Crippen molar-refractivity contribution in [2.24, 2.45) is 5.92 Å². The van der Waals surface area contributed by atoms with Crippen LogP contribution in [0.5, 0.6) is 0 Å². The predicted molar refractivity (Wildman–Crippen MR) is 139 cm³/mol. The largest absolute Gasteiger partial charge is 0.452 e. The molecule has 1 N–H and O–H groups in total. The number of aliphatic hydroxyl groups is 1. The minimum atomic E-state index is -1.33. The highest BCUT2D eigenvalue weighted by atomic mass is 16.5. The zero-order chi connectivity index (χ0) is 25.6. The van der Waals surface area contributed by atoms with Crippen molar-refractivity contribution in [3.8, 4) is 0 Å². The van der Waals surface area contributed by atoms with Crippen LogP contribution in [0.25, 0.3) is 11.0 Å². The summed E-state index contributed by atoms with van der Waals surface area (Å²) in [6, 6.07) is 13.7. The summed E-state index contributed by atoms with van der Waals surface area (Å²) in [6.07, 6.45) is 4.73. The van der Waals surface area contributed by atoms with Gasteiger partial charge in [0.15, 0.2) is 0 Å². The number of hydrogen-bond donors (Lipinski definition) is 1. The number of rotatable bonds is 4. The Morgan fingerprint density at radius 3 is 2.56 bits per heavy atom. The third kappa shape index (κ3) is 3.99. The van der Waals surface area contributed by atoms with Crippen molar-refractivity contribution in [2.45, 2.75) is 77.0 Å². The molecule has 7 heteroatoms. The van der Waals surface area contributed by atoms with Crippen LogP contribution < -0.4 is 4.90 Å². The molecule has 4 atom stereocenters. The lowest BCUT2D eigenvalue weighted by atomic mass is 9.83. The van der Waals surface area contributed by atoms with E-state index in [2.05, 4.69) is 4.57 Å². The molecule has 5 rings (SSSR count). The molecule has 1 fully saturated rings. The number of anilines is 1. The van der Waals surface area contributed by atoms with E-state index >= 15 is 0 Å². The summed E-state index contributed by atoms with van der Waals surface area (Å²) in [4.78, 5) is 31.8. The van der Waals surface area contributed by atoms with E-state index in [-0.39, 0.29) is 29.9 Å². The average Bonchev–Trinajstić information content (AvgIpc) is 3.29. The molecule has 36 heavy (non-hydrogen) atoms. The van der Waals surface area contributed by atoms with E-state index in [4.69, 9.17) is 9.72 Å². The van der Waals surface area contributed by atoms with Crippen LogP contribution in [0, 0.1) is 5.92 Å². The van der Waals surface area contributed by atoms with Crippen molar-refractivity contribution in [3.63, 3.8) is 0 Å². The van der Waals surface area contributed by atoms with Gasteiger partial charge in [-0.15, -0.1) is 0 Å². The fraction of sp³-hybridized carbons (Fsp3) is 0.483. The molecule has 0 spiro atoms. The maximum absolute atomic E-state index is 12.6. The summed E-state index contributed by atoms with van der Waals surface area (Å²) in [5.74, 6) is 0.819. The van der Waals surface area contributed by atoms with Crippen molar-refractivity contribution in [2.75, 3.05) is 12.0 Å². The molecule has 1 aliphatic carbocycles. The van der Waals surface area contributed by atoms with E-state index in [1.807, 2.05) is 49.4 Å². The summed E-state index contributed by atoms with van der Waals surface area (Å²) >= 11 is 0. The molecule has 2 heterocycles. The second-order valence-corrected chi connectivity index (χ2v) is 10.5. The molecule has 0 radical (unpaired) electrons. The highest BCUT2D eigenvalue weighted by Crippen LogP contribution is 2.43. The van der Waals surface area contributed by atoms with E-state index in [0.717, 1.165) is 66.4 Å². The fourth-order valence-corrected chi connectivity index (χ4v) is 6.15. The Hall–Kier alpha value is -3.19. The Morgan fingerprint density at radius 1 is 1.11 bits per heavy atom. The smallest absolute Gasteiger partial charge is 0.414 e. The molecular weight excluding hydrogens is 454 g/mol. The predicted octanol–water partition coefficient (Wildman–Crippen LogP) is 5.52. The van der Waals surface area contributed by atoms with Gasteiger partial charge < -0.3 is 14.4 Å². The first-order chi connectivity index (χ1) is 17.2. The number of ether oxygens (including phenoxy) is 1. The molecule has 1 amide bonds. The van der Waals surface area contributed by atoms with Gasteiger partial charge in [-0.25, -0.2) is 9.78 Å². The molecule has 2 aromatic carbocycles. The van der Waals surface area contributed by atoms with Crippen LogP contribution in [-0.2, 0) is 21.6 Å². The molecule has 3 aromatic rings. The lowest BCUT2D eigenvalue weighted by molar-refractivity contribution is -0.122. The number of fused-ring (bicyclic) bond motifs is 3. The van der Waals surface area contributed by atoms with Gasteiger partial charge in [0.1, 0.15) is 17.2 Å². The normalized spacial score (nSPS) is 23.7. The summed E-state index contributed by atoms with van der Waals surface area (Å²) in [6.45, 7) is 5.50. The van der Waals surface area contributed by atoms with E-state index in [1.165, 1.54) is 7.11 Å². The van der Waals surface area contributed by atoms with E-state index < -0.39 is 5.60 Å². The highest BCUT2D eigenvalue weighted by Gasteiger charge is 2.38. The minimum Gasteiger partial charge on any atom is -0.452 e. The monoisotopic (exact) mass is 489 g/mol. The van der Waals surface area contributed by atoms with Gasteiger partial charge in [-0.2, -0.15) is 0 Å². The second kappa shape index (κ2) is 9.36. The Balaban J connectivity index is 1.73. The van der Waals surface area contributed by atoms with Gasteiger partial charge in [0.25, 0.3) is 0 Å². The summed E-state index contributed by atoms with van der Waals surface area (Å²) in [5, 5.41) is 11.9. The number of hydrogen-bond acceptors (Lipinski definition) is 5. The average molecular weight is 490 g/mol. The molecule has 0 unspecified atom stereocenters. The van der Waals surface area contributed by atoms with Gasteiger partial charge in [0.2, 0.25) is 0 Å². The molecule has 7 nitrogen and oxygen atoms in total. The third-order valence-corrected chi connectivity index (χ3v) is 8.18. The van der Waals surface area contributed by atoms with Crippen molar-refractivity contribution in [1.29, 1.82) is 0 Å². The summed E-state index contributed by atoms with van der Waals surface area (Å²) in [5.41, 5.74) is 2.99. The fourth-order valence-electron chi connectivity index (χ4n) is 6.15. The summed E-state index contributed by atoms with van der Waals surface area (Å²) < 4.78 is 7.27.